The first kappa shape index (κ1) is 27.2. The predicted octanol–water partition coefficient (Wildman–Crippen LogP) is 4.36. The summed E-state index contributed by atoms with van der Waals surface area (Å²) in [6.07, 6.45) is 1.72. The van der Waals surface area contributed by atoms with E-state index in [2.05, 4.69) is 5.32 Å². The van der Waals surface area contributed by atoms with E-state index in [1.165, 1.54) is 23.1 Å². The maximum absolute atomic E-state index is 13.4. The smallest absolute Gasteiger partial charge is 0.244 e. The number of hydrogen-bond acceptors (Lipinski definition) is 4. The van der Waals surface area contributed by atoms with E-state index in [4.69, 9.17) is 34.8 Å². The number of hydrogen-bond donors (Lipinski definition) is 1. The van der Waals surface area contributed by atoms with E-state index in [1.54, 1.807) is 31.2 Å². The first-order valence-corrected chi connectivity index (χ1v) is 13.2. The molecule has 0 saturated heterocycles. The van der Waals surface area contributed by atoms with E-state index in [9.17, 15) is 18.0 Å². The Balaban J connectivity index is 2.39. The van der Waals surface area contributed by atoms with Gasteiger partial charge in [0.15, 0.2) is 0 Å². The van der Waals surface area contributed by atoms with Crippen molar-refractivity contribution in [2.24, 2.45) is 0 Å². The van der Waals surface area contributed by atoms with E-state index in [1.807, 2.05) is 6.92 Å². The molecule has 2 aromatic carbocycles. The second kappa shape index (κ2) is 11.9. The number of halogens is 3. The van der Waals surface area contributed by atoms with Crippen LogP contribution in [0.1, 0.15) is 25.8 Å². The van der Waals surface area contributed by atoms with E-state index in [-0.39, 0.29) is 28.2 Å². The summed E-state index contributed by atoms with van der Waals surface area (Å²) in [4.78, 5) is 27.4. The molecule has 0 aliphatic carbocycles. The van der Waals surface area contributed by atoms with Gasteiger partial charge in [0.05, 0.1) is 22.0 Å². The minimum atomic E-state index is -3.85. The molecular formula is C22H26Cl3N3O4S. The maximum atomic E-state index is 13.4. The van der Waals surface area contributed by atoms with Crippen molar-refractivity contribution in [1.29, 1.82) is 0 Å². The van der Waals surface area contributed by atoms with Crippen LogP contribution in [0.25, 0.3) is 0 Å². The number of benzene rings is 2. The molecule has 2 rings (SSSR count). The van der Waals surface area contributed by atoms with E-state index in [0.29, 0.717) is 17.1 Å². The normalized spacial score (nSPS) is 12.2. The van der Waals surface area contributed by atoms with Gasteiger partial charge >= 0.3 is 0 Å². The molecule has 0 unspecified atom stereocenters. The van der Waals surface area contributed by atoms with Gasteiger partial charge in [-0.3, -0.25) is 13.9 Å². The second-order valence-corrected chi connectivity index (χ2v) is 10.6. The summed E-state index contributed by atoms with van der Waals surface area (Å²) in [5.74, 6) is -0.904. The lowest BCUT2D eigenvalue weighted by Crippen LogP contribution is -2.51. The van der Waals surface area contributed by atoms with Crippen LogP contribution in [0.4, 0.5) is 5.69 Å². The SMILES string of the molecule is CCCNC(=O)[C@@H](C)N(Cc1cccc(Cl)c1)C(=O)CN(c1ccc(Cl)c(Cl)c1)S(C)(=O)=O. The zero-order valence-electron chi connectivity index (χ0n) is 18.5. The summed E-state index contributed by atoms with van der Waals surface area (Å²) >= 11 is 18.1. The number of anilines is 1. The van der Waals surface area contributed by atoms with Crippen molar-refractivity contribution in [2.75, 3.05) is 23.7 Å². The van der Waals surface area contributed by atoms with Crippen molar-refractivity contribution < 1.29 is 18.0 Å². The molecule has 33 heavy (non-hydrogen) atoms. The Labute approximate surface area is 209 Å². The molecule has 0 spiro atoms. The largest absolute Gasteiger partial charge is 0.354 e. The Morgan fingerprint density at radius 3 is 2.33 bits per heavy atom. The number of carbonyl (C=O) groups is 2. The van der Waals surface area contributed by atoms with Crippen molar-refractivity contribution in [2.45, 2.75) is 32.9 Å². The summed E-state index contributed by atoms with van der Waals surface area (Å²) in [6, 6.07) is 10.3. The number of sulfonamides is 1. The van der Waals surface area contributed by atoms with Gasteiger partial charge in [-0.05, 0) is 49.2 Å². The van der Waals surface area contributed by atoms with Gasteiger partial charge in [-0.1, -0.05) is 53.9 Å². The lowest BCUT2D eigenvalue weighted by Gasteiger charge is -2.31. The van der Waals surface area contributed by atoms with Gasteiger partial charge in [-0.2, -0.15) is 0 Å². The molecular weight excluding hydrogens is 509 g/mol. The average Bonchev–Trinajstić information content (AvgIpc) is 2.74. The van der Waals surface area contributed by atoms with Crippen LogP contribution in [0, 0.1) is 0 Å². The van der Waals surface area contributed by atoms with Crippen LogP contribution in [0.5, 0.6) is 0 Å². The van der Waals surface area contributed by atoms with E-state index < -0.39 is 28.5 Å². The molecule has 0 saturated carbocycles. The summed E-state index contributed by atoms with van der Waals surface area (Å²) in [5.41, 5.74) is 0.887. The highest BCUT2D eigenvalue weighted by Crippen LogP contribution is 2.28. The van der Waals surface area contributed by atoms with Gasteiger partial charge in [-0.25, -0.2) is 8.42 Å². The highest BCUT2D eigenvalue weighted by Gasteiger charge is 2.30. The number of nitrogens with one attached hydrogen (secondary N) is 1. The average molecular weight is 535 g/mol. The topological polar surface area (TPSA) is 86.8 Å². The molecule has 0 aliphatic heterocycles. The van der Waals surface area contributed by atoms with Crippen molar-refractivity contribution in [3.8, 4) is 0 Å². The van der Waals surface area contributed by atoms with Crippen LogP contribution in [-0.4, -0.2) is 50.5 Å². The highest BCUT2D eigenvalue weighted by molar-refractivity contribution is 7.92. The lowest BCUT2D eigenvalue weighted by atomic mass is 10.1. The predicted molar refractivity (Wildman–Crippen MR) is 133 cm³/mol. The Kier molecular flexibility index (Phi) is 9.84. The molecule has 0 heterocycles. The molecule has 0 radical (unpaired) electrons. The monoisotopic (exact) mass is 533 g/mol. The van der Waals surface area contributed by atoms with Crippen molar-refractivity contribution >= 4 is 62.3 Å². The maximum Gasteiger partial charge on any atom is 0.244 e. The summed E-state index contributed by atoms with van der Waals surface area (Å²) < 4.78 is 26.0. The molecule has 2 amide bonds. The lowest BCUT2D eigenvalue weighted by molar-refractivity contribution is -0.139. The standard InChI is InChI=1S/C22H26Cl3N3O4S/c1-4-10-26-22(30)15(2)27(13-16-6-5-7-17(23)11-16)21(29)14-28(33(3,31)32)18-8-9-19(24)20(25)12-18/h5-9,11-12,15H,4,10,13-14H2,1-3H3,(H,26,30)/t15-/m1/s1. The Morgan fingerprint density at radius 1 is 1.06 bits per heavy atom. The van der Waals surface area contributed by atoms with Crippen LogP contribution in [0.2, 0.25) is 15.1 Å². The first-order chi connectivity index (χ1) is 15.4. The molecule has 180 valence electrons. The molecule has 0 aromatic heterocycles. The highest BCUT2D eigenvalue weighted by atomic mass is 35.5. The quantitative estimate of drug-likeness (QED) is 0.491. The van der Waals surface area contributed by atoms with Crippen LogP contribution in [0.3, 0.4) is 0 Å². The van der Waals surface area contributed by atoms with Crippen LogP contribution >= 0.6 is 34.8 Å². The first-order valence-electron chi connectivity index (χ1n) is 10.2. The summed E-state index contributed by atoms with van der Waals surface area (Å²) in [6.45, 7) is 3.52. The van der Waals surface area contributed by atoms with Crippen molar-refractivity contribution in [3.63, 3.8) is 0 Å². The van der Waals surface area contributed by atoms with Gasteiger partial charge in [-0.15, -0.1) is 0 Å². The molecule has 1 N–H and O–H groups in total. The van der Waals surface area contributed by atoms with Gasteiger partial charge in [0.1, 0.15) is 12.6 Å². The number of carbonyl (C=O) groups excluding carboxylic acids is 2. The Bertz CT molecular complexity index is 1110. The summed E-state index contributed by atoms with van der Waals surface area (Å²) in [7, 11) is -3.85. The summed E-state index contributed by atoms with van der Waals surface area (Å²) in [5, 5.41) is 3.66. The zero-order chi connectivity index (χ0) is 24.8. The molecule has 0 aliphatic rings. The molecule has 11 heteroatoms. The third-order valence-electron chi connectivity index (χ3n) is 4.83. The fourth-order valence-electron chi connectivity index (χ4n) is 3.06. The van der Waals surface area contributed by atoms with E-state index >= 15 is 0 Å². The molecule has 1 atom stereocenters. The minimum absolute atomic E-state index is 0.0685. The van der Waals surface area contributed by atoms with Crippen molar-refractivity contribution in [3.05, 3.63) is 63.1 Å². The van der Waals surface area contributed by atoms with Gasteiger partial charge in [0.25, 0.3) is 0 Å². The van der Waals surface area contributed by atoms with Crippen molar-refractivity contribution in [1.82, 2.24) is 10.2 Å². The fraction of sp³-hybridized carbons (Fsp3) is 0.364. The number of rotatable bonds is 10. The van der Waals surface area contributed by atoms with Gasteiger partial charge < -0.3 is 10.2 Å². The van der Waals surface area contributed by atoms with Crippen LogP contribution in [0.15, 0.2) is 42.5 Å². The van der Waals surface area contributed by atoms with Gasteiger partial charge in [0, 0.05) is 18.1 Å². The molecule has 2 aromatic rings. The van der Waals surface area contributed by atoms with Crippen LogP contribution < -0.4 is 9.62 Å². The Morgan fingerprint density at radius 2 is 1.76 bits per heavy atom. The van der Waals surface area contributed by atoms with Gasteiger partial charge in [0.2, 0.25) is 21.8 Å². The minimum Gasteiger partial charge on any atom is -0.354 e. The number of nitrogens with zero attached hydrogens (tertiary/aromatic N) is 2. The third-order valence-corrected chi connectivity index (χ3v) is 6.94. The zero-order valence-corrected chi connectivity index (χ0v) is 21.6. The second-order valence-electron chi connectivity index (χ2n) is 7.49. The third kappa shape index (κ3) is 7.78. The Hall–Kier alpha value is -2.00. The van der Waals surface area contributed by atoms with Crippen LogP contribution in [-0.2, 0) is 26.2 Å². The molecule has 0 bridgehead atoms. The molecule has 7 nitrogen and oxygen atoms in total. The number of amides is 2. The fourth-order valence-corrected chi connectivity index (χ4v) is 4.41. The van der Waals surface area contributed by atoms with E-state index in [0.717, 1.165) is 17.0 Å². The molecule has 0 fully saturated rings.